The van der Waals surface area contributed by atoms with Gasteiger partial charge >= 0.3 is 5.97 Å². The number of anilines is 1. The minimum atomic E-state index is -0.351. The number of nitrogens with zero attached hydrogens (tertiary/aromatic N) is 1. The van der Waals surface area contributed by atoms with Gasteiger partial charge < -0.3 is 15.0 Å². The van der Waals surface area contributed by atoms with Crippen molar-refractivity contribution in [1.82, 2.24) is 5.32 Å². The molecule has 192 valence electrons. The van der Waals surface area contributed by atoms with Gasteiger partial charge in [-0.1, -0.05) is 66.7 Å². The second-order valence-electron chi connectivity index (χ2n) is 9.35. The number of benzene rings is 3. The summed E-state index contributed by atoms with van der Waals surface area (Å²) in [5, 5.41) is 3.21. The fraction of sp³-hybridized carbons (Fsp3) is 0.312. The van der Waals surface area contributed by atoms with E-state index in [2.05, 4.69) is 58.8 Å². The second-order valence-corrected chi connectivity index (χ2v) is 9.35. The number of rotatable bonds is 10. The lowest BCUT2D eigenvalue weighted by Gasteiger charge is -2.31. The largest absolute Gasteiger partial charge is 0.462 e. The molecular weight excluding hydrogens is 460 g/mol. The molecule has 3 aromatic rings. The van der Waals surface area contributed by atoms with Crippen molar-refractivity contribution in [2.75, 3.05) is 24.6 Å². The zero-order chi connectivity index (χ0) is 25.9. The van der Waals surface area contributed by atoms with Crippen LogP contribution in [0.3, 0.4) is 0 Å². The smallest absolute Gasteiger partial charge is 0.338 e. The Hall–Kier alpha value is -3.86. The first-order valence-corrected chi connectivity index (χ1v) is 13.3. The van der Waals surface area contributed by atoms with Crippen molar-refractivity contribution in [2.45, 2.75) is 45.4 Å². The second kappa shape index (κ2) is 13.4. The van der Waals surface area contributed by atoms with Gasteiger partial charge in [0.05, 0.1) is 18.6 Å². The Morgan fingerprint density at radius 3 is 2.30 bits per heavy atom. The van der Waals surface area contributed by atoms with Gasteiger partial charge in [0.1, 0.15) is 0 Å². The molecule has 1 aliphatic heterocycles. The molecule has 37 heavy (non-hydrogen) atoms. The highest BCUT2D eigenvalue weighted by Gasteiger charge is 2.18. The number of carbonyl (C=O) groups excluding carboxylic acids is 2. The summed E-state index contributed by atoms with van der Waals surface area (Å²) >= 11 is 0. The predicted molar refractivity (Wildman–Crippen MR) is 149 cm³/mol. The highest BCUT2D eigenvalue weighted by atomic mass is 16.5. The van der Waals surface area contributed by atoms with Crippen LogP contribution >= 0.6 is 0 Å². The van der Waals surface area contributed by atoms with Crippen molar-refractivity contribution in [3.8, 4) is 0 Å². The van der Waals surface area contributed by atoms with Gasteiger partial charge in [0.15, 0.2) is 0 Å². The summed E-state index contributed by atoms with van der Waals surface area (Å²) in [5.74, 6) is -0.431. The summed E-state index contributed by atoms with van der Waals surface area (Å²) < 4.78 is 5.05. The quantitative estimate of drug-likeness (QED) is 0.340. The van der Waals surface area contributed by atoms with E-state index in [-0.39, 0.29) is 18.3 Å². The number of amides is 1. The van der Waals surface area contributed by atoms with E-state index in [1.807, 2.05) is 24.3 Å². The molecule has 5 heteroatoms. The summed E-state index contributed by atoms with van der Waals surface area (Å²) in [5.41, 5.74) is 5.69. The Morgan fingerprint density at radius 1 is 0.865 bits per heavy atom. The highest BCUT2D eigenvalue weighted by molar-refractivity contribution is 5.91. The van der Waals surface area contributed by atoms with E-state index >= 15 is 0 Å². The fourth-order valence-electron chi connectivity index (χ4n) is 4.72. The molecule has 1 heterocycles. The van der Waals surface area contributed by atoms with Crippen LogP contribution in [0, 0.1) is 0 Å². The zero-order valence-electron chi connectivity index (χ0n) is 21.6. The van der Waals surface area contributed by atoms with Crippen molar-refractivity contribution in [3.63, 3.8) is 0 Å². The fourth-order valence-corrected chi connectivity index (χ4v) is 4.72. The number of para-hydroxylation sites is 1. The summed E-state index contributed by atoms with van der Waals surface area (Å²) in [6, 6.07) is 25.8. The number of nitrogens with one attached hydrogen (secondary N) is 1. The van der Waals surface area contributed by atoms with Crippen LogP contribution < -0.4 is 10.2 Å². The predicted octanol–water partition coefficient (Wildman–Crippen LogP) is 6.19. The Bertz CT molecular complexity index is 1200. The average molecular weight is 497 g/mol. The highest BCUT2D eigenvalue weighted by Crippen LogP contribution is 2.29. The summed E-state index contributed by atoms with van der Waals surface area (Å²) in [4.78, 5) is 27.5. The molecule has 0 spiro atoms. The van der Waals surface area contributed by atoms with Crippen LogP contribution in [0.4, 0.5) is 5.69 Å². The molecule has 1 N–H and O–H groups in total. The minimum absolute atomic E-state index is 0.0803. The molecule has 0 aliphatic carbocycles. The lowest BCUT2D eigenvalue weighted by Crippen LogP contribution is -2.31. The maximum absolute atomic E-state index is 13.2. The monoisotopic (exact) mass is 496 g/mol. The first-order valence-electron chi connectivity index (χ1n) is 13.3. The maximum Gasteiger partial charge on any atom is 0.338 e. The standard InChI is InChI=1S/C32H36N2O3/c1-2-37-32(36)27-20-18-26(19-21-27)24-31(35)33-29(16-11-14-25-12-5-3-6-13-25)28-15-7-8-17-30(28)34-22-9-4-10-23-34/h3,5-8,12-13,15-21H,2,4,9-11,14,22-24H2,1H3,(H,33,35)/b29-16+. The SMILES string of the molecule is CCOC(=O)c1ccc(CC(=O)N/C(=C/CCc2ccccc2)c2ccccc2N2CCCCC2)cc1. The lowest BCUT2D eigenvalue weighted by molar-refractivity contribution is -0.119. The van der Waals surface area contributed by atoms with Crippen molar-refractivity contribution in [3.05, 3.63) is 107 Å². The summed E-state index contributed by atoms with van der Waals surface area (Å²) in [6.07, 6.45) is 7.75. The number of esters is 1. The van der Waals surface area contributed by atoms with Gasteiger partial charge in [-0.15, -0.1) is 0 Å². The Labute approximate surface area is 220 Å². The number of allylic oxidation sites excluding steroid dienone is 1. The molecule has 5 nitrogen and oxygen atoms in total. The van der Waals surface area contributed by atoms with Gasteiger partial charge in [-0.3, -0.25) is 4.79 Å². The first kappa shape index (κ1) is 26.2. The summed E-state index contributed by atoms with van der Waals surface area (Å²) in [7, 11) is 0. The average Bonchev–Trinajstić information content (AvgIpc) is 2.94. The minimum Gasteiger partial charge on any atom is -0.462 e. The van der Waals surface area contributed by atoms with E-state index in [9.17, 15) is 9.59 Å². The van der Waals surface area contributed by atoms with E-state index in [0.717, 1.165) is 42.8 Å². The Balaban J connectivity index is 1.52. The molecule has 0 radical (unpaired) electrons. The zero-order valence-corrected chi connectivity index (χ0v) is 21.6. The third-order valence-electron chi connectivity index (χ3n) is 6.62. The van der Waals surface area contributed by atoms with E-state index in [0.29, 0.717) is 12.2 Å². The molecule has 0 unspecified atom stereocenters. The summed E-state index contributed by atoms with van der Waals surface area (Å²) in [6.45, 7) is 4.19. The van der Waals surface area contributed by atoms with Crippen molar-refractivity contribution >= 4 is 23.3 Å². The van der Waals surface area contributed by atoms with E-state index in [1.165, 1.54) is 30.5 Å². The molecule has 3 aromatic carbocycles. The third-order valence-corrected chi connectivity index (χ3v) is 6.62. The van der Waals surface area contributed by atoms with Gasteiger partial charge in [0.2, 0.25) is 5.91 Å². The van der Waals surface area contributed by atoms with Crippen LogP contribution in [0.2, 0.25) is 0 Å². The Morgan fingerprint density at radius 2 is 1.57 bits per heavy atom. The number of hydrogen-bond donors (Lipinski definition) is 1. The number of aryl methyl sites for hydroxylation is 1. The normalized spacial score (nSPS) is 13.8. The molecule has 0 atom stereocenters. The van der Waals surface area contributed by atoms with Crippen molar-refractivity contribution in [1.29, 1.82) is 0 Å². The first-order chi connectivity index (χ1) is 18.1. The molecule has 0 aromatic heterocycles. The maximum atomic E-state index is 13.2. The molecule has 1 aliphatic rings. The van der Waals surface area contributed by atoms with Crippen LogP contribution in [-0.2, 0) is 22.4 Å². The Kier molecular flexibility index (Phi) is 9.53. The van der Waals surface area contributed by atoms with Gasteiger partial charge in [0, 0.05) is 30.0 Å². The molecule has 1 saturated heterocycles. The lowest BCUT2D eigenvalue weighted by atomic mass is 10.0. The van der Waals surface area contributed by atoms with Crippen LogP contribution in [0.5, 0.6) is 0 Å². The number of hydrogen-bond acceptors (Lipinski definition) is 4. The number of ether oxygens (including phenoxy) is 1. The number of piperidine rings is 1. The van der Waals surface area contributed by atoms with Gasteiger partial charge in [-0.2, -0.15) is 0 Å². The molecule has 1 amide bonds. The van der Waals surface area contributed by atoms with Crippen molar-refractivity contribution in [2.24, 2.45) is 0 Å². The van der Waals surface area contributed by atoms with Crippen LogP contribution in [0.25, 0.3) is 5.70 Å². The molecule has 0 saturated carbocycles. The number of carbonyl (C=O) groups is 2. The van der Waals surface area contributed by atoms with E-state index < -0.39 is 0 Å². The van der Waals surface area contributed by atoms with Crippen LogP contribution in [0.1, 0.15) is 59.7 Å². The van der Waals surface area contributed by atoms with Gasteiger partial charge in [0.25, 0.3) is 0 Å². The molecule has 0 bridgehead atoms. The van der Waals surface area contributed by atoms with Crippen molar-refractivity contribution < 1.29 is 14.3 Å². The molecule has 1 fully saturated rings. The topological polar surface area (TPSA) is 58.6 Å². The van der Waals surface area contributed by atoms with Gasteiger partial charge in [-0.05, 0) is 68.4 Å². The third kappa shape index (κ3) is 7.56. The molecular formula is C32H36N2O3. The van der Waals surface area contributed by atoms with Gasteiger partial charge in [-0.25, -0.2) is 4.79 Å². The molecule has 4 rings (SSSR count). The van der Waals surface area contributed by atoms with E-state index in [4.69, 9.17) is 4.74 Å². The van der Waals surface area contributed by atoms with E-state index in [1.54, 1.807) is 19.1 Å². The van der Waals surface area contributed by atoms with Crippen LogP contribution in [0.15, 0.2) is 84.9 Å². The van der Waals surface area contributed by atoms with Crippen LogP contribution in [-0.4, -0.2) is 31.6 Å².